The molecule has 2 amide bonds. The molecule has 1 aromatic rings. The topological polar surface area (TPSA) is 86.7 Å². The number of nitrogens with one attached hydrogen (secondary N) is 1. The largest absolute Gasteiger partial charge is 0.481 e. The van der Waals surface area contributed by atoms with Crippen molar-refractivity contribution in [2.45, 2.75) is 32.7 Å². The van der Waals surface area contributed by atoms with E-state index in [1.165, 1.54) is 6.92 Å². The lowest BCUT2D eigenvalue weighted by molar-refractivity contribution is -0.141. The summed E-state index contributed by atoms with van der Waals surface area (Å²) in [5.74, 6) is -1.68. The van der Waals surface area contributed by atoms with Gasteiger partial charge in [-0.05, 0) is 18.9 Å². The van der Waals surface area contributed by atoms with Crippen LogP contribution in [-0.2, 0) is 14.4 Å². The maximum absolute atomic E-state index is 12.4. The normalized spacial score (nSPS) is 18.5. The molecular weight excluding hydrogens is 296 g/mol. The van der Waals surface area contributed by atoms with Crippen molar-refractivity contribution in [3.8, 4) is 0 Å². The minimum atomic E-state index is -0.864. The molecule has 0 spiro atoms. The van der Waals surface area contributed by atoms with Crippen molar-refractivity contribution in [1.82, 2.24) is 10.2 Å². The fourth-order valence-corrected chi connectivity index (χ4v) is 2.79. The smallest absolute Gasteiger partial charge is 0.308 e. The summed E-state index contributed by atoms with van der Waals surface area (Å²) in [5.41, 5.74) is 1.97. The summed E-state index contributed by atoms with van der Waals surface area (Å²) in [6.07, 6.45) is 0.616. The van der Waals surface area contributed by atoms with Gasteiger partial charge < -0.3 is 15.3 Å². The Hall–Kier alpha value is -2.37. The molecule has 0 unspecified atom stereocenters. The van der Waals surface area contributed by atoms with Gasteiger partial charge in [0.1, 0.15) is 0 Å². The van der Waals surface area contributed by atoms with Crippen LogP contribution in [0.5, 0.6) is 0 Å². The standard InChI is InChI=1S/C17H22N2O4/c1-11-3-5-13(6-4-11)15(18-12(2)20)9-16(21)19-8-7-14(10-19)17(22)23/h3-6,14-15H,7-10H2,1-2H3,(H,18,20)(H,22,23)/t14-,15-/m0/s1. The number of carbonyl (C=O) groups excluding carboxylic acids is 2. The number of hydrogen-bond donors (Lipinski definition) is 2. The van der Waals surface area contributed by atoms with Gasteiger partial charge in [-0.2, -0.15) is 0 Å². The first-order chi connectivity index (χ1) is 10.9. The van der Waals surface area contributed by atoms with E-state index in [1.807, 2.05) is 31.2 Å². The summed E-state index contributed by atoms with van der Waals surface area (Å²) in [6, 6.07) is 7.26. The Bertz CT molecular complexity index is 597. The molecule has 0 aromatic heterocycles. The van der Waals surface area contributed by atoms with E-state index < -0.39 is 17.9 Å². The van der Waals surface area contributed by atoms with Crippen molar-refractivity contribution in [1.29, 1.82) is 0 Å². The Kier molecular flexibility index (Phi) is 5.36. The third-order valence-electron chi connectivity index (χ3n) is 4.13. The number of benzene rings is 1. The van der Waals surface area contributed by atoms with E-state index in [0.717, 1.165) is 11.1 Å². The zero-order chi connectivity index (χ0) is 17.0. The molecule has 0 aliphatic carbocycles. The van der Waals surface area contributed by atoms with Crippen LogP contribution in [-0.4, -0.2) is 40.9 Å². The van der Waals surface area contributed by atoms with Gasteiger partial charge in [0.05, 0.1) is 18.4 Å². The summed E-state index contributed by atoms with van der Waals surface area (Å²) < 4.78 is 0. The zero-order valence-electron chi connectivity index (χ0n) is 13.4. The molecule has 1 aliphatic heterocycles. The first-order valence-corrected chi connectivity index (χ1v) is 7.71. The van der Waals surface area contributed by atoms with Gasteiger partial charge in [0.25, 0.3) is 0 Å². The number of aryl methyl sites for hydroxylation is 1. The Morgan fingerprint density at radius 2 is 1.96 bits per heavy atom. The summed E-state index contributed by atoms with van der Waals surface area (Å²) in [7, 11) is 0. The van der Waals surface area contributed by atoms with Crippen molar-refractivity contribution < 1.29 is 19.5 Å². The number of likely N-dealkylation sites (tertiary alicyclic amines) is 1. The number of nitrogens with zero attached hydrogens (tertiary/aromatic N) is 1. The molecule has 0 bridgehead atoms. The second kappa shape index (κ2) is 7.26. The molecule has 1 aromatic carbocycles. The van der Waals surface area contributed by atoms with E-state index in [0.29, 0.717) is 13.0 Å². The van der Waals surface area contributed by atoms with Crippen LogP contribution in [0.2, 0.25) is 0 Å². The number of hydrogen-bond acceptors (Lipinski definition) is 3. The summed E-state index contributed by atoms with van der Waals surface area (Å²) >= 11 is 0. The van der Waals surface area contributed by atoms with Crippen LogP contribution in [0.15, 0.2) is 24.3 Å². The minimum absolute atomic E-state index is 0.131. The van der Waals surface area contributed by atoms with Crippen LogP contribution < -0.4 is 5.32 Å². The number of rotatable bonds is 5. The van der Waals surface area contributed by atoms with Crippen molar-refractivity contribution in [3.05, 3.63) is 35.4 Å². The van der Waals surface area contributed by atoms with Crippen molar-refractivity contribution >= 4 is 17.8 Å². The van der Waals surface area contributed by atoms with E-state index in [9.17, 15) is 14.4 Å². The highest BCUT2D eigenvalue weighted by molar-refractivity contribution is 5.80. The highest BCUT2D eigenvalue weighted by Gasteiger charge is 2.31. The van der Waals surface area contributed by atoms with Gasteiger partial charge in [0.15, 0.2) is 0 Å². The minimum Gasteiger partial charge on any atom is -0.481 e. The fraction of sp³-hybridized carbons (Fsp3) is 0.471. The van der Waals surface area contributed by atoms with E-state index in [4.69, 9.17) is 5.11 Å². The van der Waals surface area contributed by atoms with Crippen LogP contribution in [0.4, 0.5) is 0 Å². The van der Waals surface area contributed by atoms with Crippen LogP contribution in [0.25, 0.3) is 0 Å². The SMILES string of the molecule is CC(=O)N[C@@H](CC(=O)N1CC[C@H](C(=O)O)C1)c1ccc(C)cc1. The molecule has 2 N–H and O–H groups in total. The number of carboxylic acids is 1. The Morgan fingerprint density at radius 3 is 2.48 bits per heavy atom. The molecule has 0 radical (unpaired) electrons. The molecule has 2 rings (SSSR count). The summed E-state index contributed by atoms with van der Waals surface area (Å²) in [5, 5.41) is 11.8. The number of aliphatic carboxylic acids is 1. The third-order valence-corrected chi connectivity index (χ3v) is 4.13. The van der Waals surface area contributed by atoms with Crippen molar-refractivity contribution in [2.75, 3.05) is 13.1 Å². The van der Waals surface area contributed by atoms with Crippen LogP contribution >= 0.6 is 0 Å². The first-order valence-electron chi connectivity index (χ1n) is 7.71. The third kappa shape index (κ3) is 4.55. The lowest BCUT2D eigenvalue weighted by atomic mass is 10.0. The molecular formula is C17H22N2O4. The molecule has 6 heteroatoms. The lowest BCUT2D eigenvalue weighted by Crippen LogP contribution is -2.35. The molecule has 1 fully saturated rings. The fourth-order valence-electron chi connectivity index (χ4n) is 2.79. The molecule has 1 aliphatic rings. The predicted molar refractivity (Wildman–Crippen MR) is 84.7 cm³/mol. The van der Waals surface area contributed by atoms with Gasteiger partial charge in [-0.1, -0.05) is 29.8 Å². The van der Waals surface area contributed by atoms with Gasteiger partial charge in [-0.25, -0.2) is 0 Å². The van der Waals surface area contributed by atoms with Crippen LogP contribution in [0.3, 0.4) is 0 Å². The maximum Gasteiger partial charge on any atom is 0.308 e. The van der Waals surface area contributed by atoms with E-state index >= 15 is 0 Å². The van der Waals surface area contributed by atoms with Crippen LogP contribution in [0, 0.1) is 12.8 Å². The van der Waals surface area contributed by atoms with Gasteiger partial charge in [-0.15, -0.1) is 0 Å². The maximum atomic E-state index is 12.4. The summed E-state index contributed by atoms with van der Waals surface area (Å²) in [4.78, 5) is 36.4. The lowest BCUT2D eigenvalue weighted by Gasteiger charge is -2.22. The summed E-state index contributed by atoms with van der Waals surface area (Å²) in [6.45, 7) is 4.09. The van der Waals surface area contributed by atoms with Crippen molar-refractivity contribution in [2.24, 2.45) is 5.92 Å². The Balaban J connectivity index is 2.05. The number of amides is 2. The second-order valence-corrected chi connectivity index (χ2v) is 6.03. The number of carboxylic acid groups (broad SMARTS) is 1. The molecule has 2 atom stereocenters. The van der Waals surface area contributed by atoms with E-state index in [-0.39, 0.29) is 24.8 Å². The second-order valence-electron chi connectivity index (χ2n) is 6.03. The molecule has 1 heterocycles. The highest BCUT2D eigenvalue weighted by Crippen LogP contribution is 2.22. The monoisotopic (exact) mass is 318 g/mol. The predicted octanol–water partition coefficient (Wildman–Crippen LogP) is 1.50. The highest BCUT2D eigenvalue weighted by atomic mass is 16.4. The molecule has 0 saturated carbocycles. The Morgan fingerprint density at radius 1 is 1.30 bits per heavy atom. The first kappa shape index (κ1) is 17.0. The number of carbonyl (C=O) groups is 3. The van der Waals surface area contributed by atoms with Gasteiger partial charge in [0.2, 0.25) is 11.8 Å². The molecule has 124 valence electrons. The average molecular weight is 318 g/mol. The van der Waals surface area contributed by atoms with Crippen molar-refractivity contribution in [3.63, 3.8) is 0 Å². The average Bonchev–Trinajstić information content (AvgIpc) is 2.97. The van der Waals surface area contributed by atoms with Crippen LogP contribution in [0.1, 0.15) is 36.9 Å². The molecule has 23 heavy (non-hydrogen) atoms. The van der Waals surface area contributed by atoms with E-state index in [2.05, 4.69) is 5.32 Å². The van der Waals surface area contributed by atoms with Gasteiger partial charge in [-0.3, -0.25) is 14.4 Å². The Labute approximate surface area is 135 Å². The van der Waals surface area contributed by atoms with Gasteiger partial charge in [0, 0.05) is 20.0 Å². The quantitative estimate of drug-likeness (QED) is 0.861. The molecule has 6 nitrogen and oxygen atoms in total. The zero-order valence-corrected chi connectivity index (χ0v) is 13.4. The van der Waals surface area contributed by atoms with Gasteiger partial charge >= 0.3 is 5.97 Å². The molecule has 1 saturated heterocycles. The van der Waals surface area contributed by atoms with E-state index in [1.54, 1.807) is 4.90 Å².